The minimum atomic E-state index is 0.0215. The molecule has 1 aromatic rings. The van der Waals surface area contributed by atoms with Gasteiger partial charge in [-0.2, -0.15) is 5.26 Å². The molecule has 1 rings (SSSR count). The summed E-state index contributed by atoms with van der Waals surface area (Å²) in [7, 11) is 0. The van der Waals surface area contributed by atoms with Crippen LogP contribution >= 0.6 is 11.6 Å². The summed E-state index contributed by atoms with van der Waals surface area (Å²) in [6.45, 7) is 1.78. The van der Waals surface area contributed by atoms with Crippen LogP contribution in [-0.4, -0.2) is 5.78 Å². The molecule has 0 saturated carbocycles. The summed E-state index contributed by atoms with van der Waals surface area (Å²) in [6, 6.07) is 6.66. The Bertz CT molecular complexity index is 379. The Kier molecular flexibility index (Phi) is 3.05. The van der Waals surface area contributed by atoms with Gasteiger partial charge in [-0.25, -0.2) is 0 Å². The van der Waals surface area contributed by atoms with Gasteiger partial charge in [0.05, 0.1) is 10.6 Å². The van der Waals surface area contributed by atoms with Crippen molar-refractivity contribution in [1.82, 2.24) is 0 Å². The summed E-state index contributed by atoms with van der Waals surface area (Å²) in [5.41, 5.74) is 0.893. The second kappa shape index (κ2) is 4.06. The second-order valence-corrected chi connectivity index (χ2v) is 2.99. The van der Waals surface area contributed by atoms with Crippen molar-refractivity contribution in [3.8, 4) is 6.07 Å². The smallest absolute Gasteiger partial charge is 0.162 e. The molecular weight excluding hydrogens is 186 g/mol. The van der Waals surface area contributed by atoms with Gasteiger partial charge in [0.25, 0.3) is 0 Å². The van der Waals surface area contributed by atoms with Crippen molar-refractivity contribution in [2.75, 3.05) is 0 Å². The van der Waals surface area contributed by atoms with Crippen molar-refractivity contribution in [1.29, 1.82) is 5.26 Å². The van der Waals surface area contributed by atoms with Crippen molar-refractivity contribution >= 4 is 17.4 Å². The van der Waals surface area contributed by atoms with Crippen molar-refractivity contribution in [3.63, 3.8) is 0 Å². The molecule has 0 N–H and O–H groups in total. The van der Waals surface area contributed by atoms with Crippen LogP contribution in [0.3, 0.4) is 0 Å². The van der Waals surface area contributed by atoms with Crippen LogP contribution in [0.1, 0.15) is 29.3 Å². The van der Waals surface area contributed by atoms with Crippen LogP contribution in [0.15, 0.2) is 18.2 Å². The first kappa shape index (κ1) is 9.76. The second-order valence-electron chi connectivity index (χ2n) is 2.58. The summed E-state index contributed by atoms with van der Waals surface area (Å²) in [5, 5.41) is 9.04. The van der Waals surface area contributed by atoms with Gasteiger partial charge < -0.3 is 0 Å². The number of hydrogen-bond acceptors (Lipinski definition) is 2. The lowest BCUT2D eigenvalue weighted by Gasteiger charge is -1.99. The number of nitriles is 1. The molecule has 0 aliphatic rings. The third kappa shape index (κ3) is 2.07. The molecule has 0 unspecified atom stereocenters. The Balaban J connectivity index is 3.15. The van der Waals surface area contributed by atoms with Gasteiger partial charge in [0.15, 0.2) is 5.78 Å². The highest BCUT2D eigenvalue weighted by Gasteiger charge is 2.06. The number of hydrogen-bond donors (Lipinski definition) is 0. The molecule has 0 amide bonds. The first-order chi connectivity index (χ1) is 6.19. The maximum absolute atomic E-state index is 11.2. The van der Waals surface area contributed by atoms with E-state index in [0.29, 0.717) is 22.6 Å². The first-order valence-corrected chi connectivity index (χ1v) is 4.29. The van der Waals surface area contributed by atoms with E-state index in [1.165, 1.54) is 6.07 Å². The lowest BCUT2D eigenvalue weighted by Crippen LogP contribution is -1.96. The molecular formula is C10H8ClNO. The minimum Gasteiger partial charge on any atom is -0.294 e. The van der Waals surface area contributed by atoms with E-state index in [9.17, 15) is 4.79 Å². The van der Waals surface area contributed by atoms with Crippen molar-refractivity contribution in [2.24, 2.45) is 0 Å². The van der Waals surface area contributed by atoms with Gasteiger partial charge in [0.1, 0.15) is 6.07 Å². The molecule has 0 fully saturated rings. The van der Waals surface area contributed by atoms with E-state index >= 15 is 0 Å². The highest BCUT2D eigenvalue weighted by atomic mass is 35.5. The Morgan fingerprint density at radius 3 is 2.85 bits per heavy atom. The summed E-state index contributed by atoms with van der Waals surface area (Å²) >= 11 is 5.71. The number of rotatable bonds is 2. The van der Waals surface area contributed by atoms with E-state index in [2.05, 4.69) is 0 Å². The van der Waals surface area contributed by atoms with Crippen LogP contribution < -0.4 is 0 Å². The van der Waals surface area contributed by atoms with Crippen LogP contribution in [0.4, 0.5) is 0 Å². The summed E-state index contributed by atoms with van der Waals surface area (Å²) in [4.78, 5) is 11.2. The summed E-state index contributed by atoms with van der Waals surface area (Å²) < 4.78 is 0. The summed E-state index contributed by atoms with van der Waals surface area (Å²) in [5.74, 6) is 0.0215. The molecule has 1 aromatic carbocycles. The number of Topliss-reactive ketones (excluding diaryl/α,β-unsaturated/α-hetero) is 1. The maximum Gasteiger partial charge on any atom is 0.162 e. The van der Waals surface area contributed by atoms with E-state index in [0.717, 1.165) is 0 Å². The highest BCUT2D eigenvalue weighted by molar-refractivity contribution is 6.31. The number of carbonyl (C=O) groups is 1. The Morgan fingerprint density at radius 1 is 1.62 bits per heavy atom. The molecule has 0 atom stereocenters. The first-order valence-electron chi connectivity index (χ1n) is 3.92. The Labute approximate surface area is 81.7 Å². The minimum absolute atomic E-state index is 0.0215. The fraction of sp³-hybridized carbons (Fsp3) is 0.200. The molecule has 66 valence electrons. The van der Waals surface area contributed by atoms with Gasteiger partial charge in [0.2, 0.25) is 0 Å². The van der Waals surface area contributed by atoms with Crippen LogP contribution in [0.5, 0.6) is 0 Å². The van der Waals surface area contributed by atoms with Gasteiger partial charge in [-0.1, -0.05) is 18.5 Å². The summed E-state index contributed by atoms with van der Waals surface area (Å²) in [6.07, 6.45) is 0.437. The van der Waals surface area contributed by atoms with Crippen LogP contribution in [0.25, 0.3) is 0 Å². The molecule has 0 heterocycles. The number of ketones is 1. The van der Waals surface area contributed by atoms with E-state index < -0.39 is 0 Å². The normalized spacial score (nSPS) is 9.31. The fourth-order valence-electron chi connectivity index (χ4n) is 0.989. The van der Waals surface area contributed by atoms with E-state index in [4.69, 9.17) is 16.9 Å². The maximum atomic E-state index is 11.2. The third-order valence-electron chi connectivity index (χ3n) is 1.73. The van der Waals surface area contributed by atoms with Crippen LogP contribution in [0.2, 0.25) is 5.02 Å². The van der Waals surface area contributed by atoms with E-state index in [1.807, 2.05) is 6.07 Å². The SMILES string of the molecule is CCC(=O)c1ccc(Cl)c(C#N)c1. The van der Waals surface area contributed by atoms with Crippen LogP contribution in [-0.2, 0) is 0 Å². The molecule has 13 heavy (non-hydrogen) atoms. The predicted molar refractivity (Wildman–Crippen MR) is 50.8 cm³/mol. The number of benzene rings is 1. The van der Waals surface area contributed by atoms with Gasteiger partial charge in [-0.15, -0.1) is 0 Å². The molecule has 0 aliphatic heterocycles. The Morgan fingerprint density at radius 2 is 2.31 bits per heavy atom. The molecule has 2 nitrogen and oxygen atoms in total. The monoisotopic (exact) mass is 193 g/mol. The topological polar surface area (TPSA) is 40.9 Å². The largest absolute Gasteiger partial charge is 0.294 e. The average Bonchev–Trinajstić information content (AvgIpc) is 2.17. The Hall–Kier alpha value is -1.33. The zero-order valence-electron chi connectivity index (χ0n) is 7.17. The molecule has 0 aliphatic carbocycles. The molecule has 0 bridgehead atoms. The molecule has 0 radical (unpaired) electrons. The van der Waals surface area contributed by atoms with E-state index in [1.54, 1.807) is 19.1 Å². The zero-order chi connectivity index (χ0) is 9.84. The van der Waals surface area contributed by atoms with Crippen molar-refractivity contribution in [3.05, 3.63) is 34.3 Å². The molecule has 0 saturated heterocycles. The number of halogens is 1. The lowest BCUT2D eigenvalue weighted by molar-refractivity contribution is 0.0988. The predicted octanol–water partition coefficient (Wildman–Crippen LogP) is 2.80. The van der Waals surface area contributed by atoms with Gasteiger partial charge >= 0.3 is 0 Å². The van der Waals surface area contributed by atoms with Gasteiger partial charge in [-0.05, 0) is 18.2 Å². The quantitative estimate of drug-likeness (QED) is 0.678. The standard InChI is InChI=1S/C10H8ClNO/c1-2-10(13)7-3-4-9(11)8(5-7)6-12/h3-5H,2H2,1H3. The van der Waals surface area contributed by atoms with Crippen LogP contribution in [0, 0.1) is 11.3 Å². The number of nitrogens with zero attached hydrogens (tertiary/aromatic N) is 1. The molecule has 3 heteroatoms. The highest BCUT2D eigenvalue weighted by Crippen LogP contribution is 2.17. The zero-order valence-corrected chi connectivity index (χ0v) is 7.93. The van der Waals surface area contributed by atoms with Gasteiger partial charge in [0, 0.05) is 12.0 Å². The lowest BCUT2D eigenvalue weighted by atomic mass is 10.1. The molecule has 0 spiro atoms. The van der Waals surface area contributed by atoms with Gasteiger partial charge in [-0.3, -0.25) is 4.79 Å². The van der Waals surface area contributed by atoms with E-state index in [-0.39, 0.29) is 5.78 Å². The third-order valence-corrected chi connectivity index (χ3v) is 2.06. The number of carbonyl (C=O) groups excluding carboxylic acids is 1. The van der Waals surface area contributed by atoms with Crippen molar-refractivity contribution in [2.45, 2.75) is 13.3 Å². The molecule has 0 aromatic heterocycles. The van der Waals surface area contributed by atoms with Crippen molar-refractivity contribution < 1.29 is 4.79 Å². The fourth-order valence-corrected chi connectivity index (χ4v) is 1.15. The average molecular weight is 194 g/mol.